The molecule has 0 unspecified atom stereocenters. The molecule has 4 nitrogen and oxygen atoms in total. The van der Waals surface area contributed by atoms with E-state index >= 15 is 0 Å². The monoisotopic (exact) mass is 316 g/mol. The largest absolute Gasteiger partial charge is 0.370 e. The fourth-order valence-electron chi connectivity index (χ4n) is 3.46. The maximum Gasteiger partial charge on any atom is 0.124 e. The smallest absolute Gasteiger partial charge is 0.124 e. The fraction of sp³-hybridized carbons (Fsp3) is 0.529. The summed E-state index contributed by atoms with van der Waals surface area (Å²) >= 11 is 1.72. The number of hydrogen-bond acceptors (Lipinski definition) is 4. The summed E-state index contributed by atoms with van der Waals surface area (Å²) in [5.74, 6) is 1.15. The van der Waals surface area contributed by atoms with Gasteiger partial charge < -0.3 is 5.32 Å². The van der Waals surface area contributed by atoms with Crippen LogP contribution in [-0.4, -0.2) is 27.6 Å². The normalized spacial score (nSPS) is 14.5. The molecule has 1 aliphatic rings. The van der Waals surface area contributed by atoms with Gasteiger partial charge in [0.25, 0.3) is 0 Å². The molecule has 0 amide bonds. The van der Waals surface area contributed by atoms with Crippen LogP contribution < -0.4 is 5.32 Å². The Hall–Kier alpha value is -1.49. The average Bonchev–Trinajstić information content (AvgIpc) is 3.01. The van der Waals surface area contributed by atoms with Crippen molar-refractivity contribution < 1.29 is 0 Å². The molecule has 3 heterocycles. The Bertz CT molecular complexity index is 622. The van der Waals surface area contributed by atoms with Crippen LogP contribution in [0.5, 0.6) is 0 Å². The molecule has 0 radical (unpaired) electrons. The highest BCUT2D eigenvalue weighted by Crippen LogP contribution is 2.42. The summed E-state index contributed by atoms with van der Waals surface area (Å²) in [5.41, 5.74) is 2.42. The zero-order valence-corrected chi connectivity index (χ0v) is 14.4. The van der Waals surface area contributed by atoms with Crippen LogP contribution in [0.1, 0.15) is 44.4 Å². The number of thioether (sulfide) groups is 1. The van der Waals surface area contributed by atoms with Gasteiger partial charge in [-0.2, -0.15) is 5.10 Å². The van der Waals surface area contributed by atoms with Crippen molar-refractivity contribution in [3.63, 3.8) is 0 Å². The van der Waals surface area contributed by atoms with Crippen LogP contribution in [-0.2, 0) is 12.0 Å². The lowest BCUT2D eigenvalue weighted by Gasteiger charge is -2.31. The van der Waals surface area contributed by atoms with E-state index in [4.69, 9.17) is 5.10 Å². The van der Waals surface area contributed by atoms with Crippen LogP contribution in [0.25, 0.3) is 0 Å². The number of hydrogen-bond donors (Lipinski definition) is 1. The van der Waals surface area contributed by atoms with Crippen LogP contribution in [0, 0.1) is 0 Å². The summed E-state index contributed by atoms with van der Waals surface area (Å²) in [4.78, 5) is 4.58. The molecule has 0 atom stereocenters. The van der Waals surface area contributed by atoms with Crippen LogP contribution in [0.4, 0.5) is 5.82 Å². The molecule has 1 N–H and O–H groups in total. The van der Waals surface area contributed by atoms with Crippen LogP contribution in [0.2, 0.25) is 0 Å². The van der Waals surface area contributed by atoms with Crippen molar-refractivity contribution in [2.24, 2.45) is 0 Å². The molecule has 0 fully saturated rings. The molecule has 2 aromatic heterocycles. The summed E-state index contributed by atoms with van der Waals surface area (Å²) in [6, 6.07) is 6.50. The van der Waals surface area contributed by atoms with Gasteiger partial charge in [0.05, 0.1) is 10.7 Å². The lowest BCUT2D eigenvalue weighted by molar-refractivity contribution is 0.440. The third kappa shape index (κ3) is 2.41. The first-order valence-electron chi connectivity index (χ1n) is 8.07. The SMILES string of the molecule is CCC(CC)(c1cc2n(n1)CCCN2)c1cccnc1SC. The Morgan fingerprint density at radius 3 is 2.86 bits per heavy atom. The lowest BCUT2D eigenvalue weighted by atomic mass is 9.74. The topological polar surface area (TPSA) is 42.7 Å². The van der Waals surface area contributed by atoms with Crippen molar-refractivity contribution in [1.82, 2.24) is 14.8 Å². The molecule has 5 heteroatoms. The molecule has 22 heavy (non-hydrogen) atoms. The van der Waals surface area contributed by atoms with Gasteiger partial charge in [-0.15, -0.1) is 11.8 Å². The van der Waals surface area contributed by atoms with E-state index < -0.39 is 0 Å². The predicted octanol–water partition coefficient (Wildman–Crippen LogP) is 3.92. The molecule has 1 aliphatic heterocycles. The molecule has 0 saturated heterocycles. The third-order valence-corrected chi connectivity index (χ3v) is 5.52. The van der Waals surface area contributed by atoms with Gasteiger partial charge in [0.1, 0.15) is 5.82 Å². The highest BCUT2D eigenvalue weighted by molar-refractivity contribution is 7.98. The standard InChI is InChI=1S/C17H24N4S/c1-4-17(5-2,13-8-6-9-19-16(13)22-3)14-12-15-18-10-7-11-21(15)20-14/h6,8-9,12,18H,4-5,7,10-11H2,1-3H3. The highest BCUT2D eigenvalue weighted by Gasteiger charge is 2.36. The Balaban J connectivity index is 2.13. The van der Waals surface area contributed by atoms with Gasteiger partial charge in [0.2, 0.25) is 0 Å². The van der Waals surface area contributed by atoms with E-state index in [9.17, 15) is 0 Å². The van der Waals surface area contributed by atoms with Crippen molar-refractivity contribution in [2.75, 3.05) is 18.1 Å². The summed E-state index contributed by atoms with van der Waals surface area (Å²) in [6.07, 6.45) is 7.17. The molecular weight excluding hydrogens is 292 g/mol. The zero-order valence-electron chi connectivity index (χ0n) is 13.6. The number of fused-ring (bicyclic) bond motifs is 1. The van der Waals surface area contributed by atoms with Crippen LogP contribution in [0.3, 0.4) is 0 Å². The Morgan fingerprint density at radius 2 is 2.18 bits per heavy atom. The zero-order chi connectivity index (χ0) is 15.6. The lowest BCUT2D eigenvalue weighted by Crippen LogP contribution is -2.28. The van der Waals surface area contributed by atoms with Gasteiger partial charge in [-0.3, -0.25) is 0 Å². The van der Waals surface area contributed by atoms with E-state index in [0.717, 1.165) is 43.2 Å². The highest BCUT2D eigenvalue weighted by atomic mass is 32.2. The van der Waals surface area contributed by atoms with Gasteiger partial charge in [0.15, 0.2) is 0 Å². The van der Waals surface area contributed by atoms with Crippen molar-refractivity contribution in [3.8, 4) is 0 Å². The van der Waals surface area contributed by atoms with E-state index in [1.807, 2.05) is 12.3 Å². The molecule has 0 aliphatic carbocycles. The second-order valence-corrected chi connectivity index (χ2v) is 6.56. The van der Waals surface area contributed by atoms with Gasteiger partial charge in [0, 0.05) is 30.8 Å². The molecule has 0 spiro atoms. The molecule has 0 bridgehead atoms. The van der Waals surface area contributed by atoms with Gasteiger partial charge in [-0.05, 0) is 37.1 Å². The minimum atomic E-state index is -0.0569. The number of rotatable bonds is 5. The number of aromatic nitrogens is 3. The number of nitrogens with one attached hydrogen (secondary N) is 1. The van der Waals surface area contributed by atoms with E-state index in [2.05, 4.69) is 47.2 Å². The Labute approximate surface area is 136 Å². The van der Waals surface area contributed by atoms with Gasteiger partial charge >= 0.3 is 0 Å². The minimum Gasteiger partial charge on any atom is -0.370 e. The maximum atomic E-state index is 4.93. The summed E-state index contributed by atoms with van der Waals surface area (Å²) in [7, 11) is 0. The van der Waals surface area contributed by atoms with E-state index in [0.29, 0.717) is 0 Å². The second kappa shape index (κ2) is 6.32. The number of nitrogens with zero attached hydrogens (tertiary/aromatic N) is 3. The predicted molar refractivity (Wildman–Crippen MR) is 92.7 cm³/mol. The summed E-state index contributed by atoms with van der Waals surface area (Å²) in [6.45, 7) is 6.56. The number of aryl methyl sites for hydroxylation is 1. The quantitative estimate of drug-likeness (QED) is 0.849. The first-order valence-corrected chi connectivity index (χ1v) is 9.29. The van der Waals surface area contributed by atoms with Crippen molar-refractivity contribution >= 4 is 17.6 Å². The number of anilines is 1. The summed E-state index contributed by atoms with van der Waals surface area (Å²) < 4.78 is 2.12. The molecular formula is C17H24N4S. The fourth-order valence-corrected chi connectivity index (χ4v) is 4.11. The third-order valence-electron chi connectivity index (χ3n) is 4.81. The molecule has 0 aromatic carbocycles. The van der Waals surface area contributed by atoms with E-state index in [1.54, 1.807) is 11.8 Å². The van der Waals surface area contributed by atoms with Crippen LogP contribution in [0.15, 0.2) is 29.4 Å². The molecule has 118 valence electrons. The second-order valence-electron chi connectivity index (χ2n) is 5.77. The molecule has 2 aromatic rings. The first kappa shape index (κ1) is 15.4. The number of pyridine rings is 1. The van der Waals surface area contributed by atoms with E-state index in [1.165, 1.54) is 11.3 Å². The van der Waals surface area contributed by atoms with Crippen molar-refractivity contribution in [1.29, 1.82) is 0 Å². The molecule has 3 rings (SSSR count). The Morgan fingerprint density at radius 1 is 1.36 bits per heavy atom. The van der Waals surface area contributed by atoms with Gasteiger partial charge in [-0.1, -0.05) is 19.9 Å². The Kier molecular flexibility index (Phi) is 4.43. The minimum absolute atomic E-state index is 0.0569. The van der Waals surface area contributed by atoms with Crippen molar-refractivity contribution in [3.05, 3.63) is 35.7 Å². The van der Waals surface area contributed by atoms with Crippen molar-refractivity contribution in [2.45, 2.75) is 50.1 Å². The maximum absolute atomic E-state index is 4.93. The first-order chi connectivity index (χ1) is 10.7. The van der Waals surface area contributed by atoms with E-state index in [-0.39, 0.29) is 5.41 Å². The van der Waals surface area contributed by atoms with Crippen LogP contribution >= 0.6 is 11.8 Å². The summed E-state index contributed by atoms with van der Waals surface area (Å²) in [5, 5.41) is 9.51. The average molecular weight is 316 g/mol. The molecule has 0 saturated carbocycles. The van der Waals surface area contributed by atoms with Gasteiger partial charge in [-0.25, -0.2) is 9.67 Å².